The number of nitrogens with one attached hydrogen (secondary N) is 1. The van der Waals surface area contributed by atoms with Gasteiger partial charge in [0.25, 0.3) is 10.0 Å². The summed E-state index contributed by atoms with van der Waals surface area (Å²) in [5.41, 5.74) is 5.67. The van der Waals surface area contributed by atoms with Crippen LogP contribution in [0.4, 0.5) is 15.9 Å². The second kappa shape index (κ2) is 5.90. The van der Waals surface area contributed by atoms with E-state index in [0.717, 1.165) is 12.5 Å². The Bertz CT molecular complexity index is 761. The van der Waals surface area contributed by atoms with Crippen molar-refractivity contribution in [3.05, 3.63) is 35.2 Å². The maximum atomic E-state index is 13.3. The largest absolute Gasteiger partial charge is 0.381 e. The van der Waals surface area contributed by atoms with Crippen molar-refractivity contribution in [3.8, 4) is 0 Å². The minimum absolute atomic E-state index is 0.0551. The Labute approximate surface area is 126 Å². The molecule has 0 aliphatic rings. The van der Waals surface area contributed by atoms with Crippen molar-refractivity contribution in [1.29, 1.82) is 0 Å². The number of halogens is 2. The Morgan fingerprint density at radius 1 is 1.48 bits per heavy atom. The lowest BCUT2D eigenvalue weighted by molar-refractivity contribution is 0.595. The van der Waals surface area contributed by atoms with Crippen LogP contribution in [-0.4, -0.2) is 18.2 Å². The number of sulfonamides is 1. The van der Waals surface area contributed by atoms with E-state index in [1.54, 1.807) is 0 Å². The Hall–Kier alpha value is -1.80. The third kappa shape index (κ3) is 3.45. The van der Waals surface area contributed by atoms with Crippen molar-refractivity contribution in [3.63, 3.8) is 0 Å². The number of aromatic nitrogens is 2. The molecule has 0 radical (unpaired) electrons. The minimum atomic E-state index is -3.94. The third-order valence-corrected chi connectivity index (χ3v) is 4.37. The van der Waals surface area contributed by atoms with E-state index in [1.807, 2.05) is 6.92 Å². The molecular weight excluding hydrogens is 319 g/mol. The fourth-order valence-corrected chi connectivity index (χ4v) is 2.98. The van der Waals surface area contributed by atoms with Gasteiger partial charge < -0.3 is 5.73 Å². The highest BCUT2D eigenvalue weighted by molar-refractivity contribution is 7.92. The van der Waals surface area contributed by atoms with Crippen LogP contribution in [-0.2, 0) is 16.6 Å². The fraction of sp³-hybridized carbons (Fsp3) is 0.250. The topological polar surface area (TPSA) is 90.0 Å². The SMILES string of the molecule is CCCn1cc(S(=O)(=O)Nc2ccc(Cl)c(F)c2)c(N)n1. The molecule has 0 aliphatic heterocycles. The molecule has 0 saturated carbocycles. The molecule has 21 heavy (non-hydrogen) atoms. The van der Waals surface area contributed by atoms with Crippen LogP contribution in [0.15, 0.2) is 29.3 Å². The Morgan fingerprint density at radius 3 is 2.81 bits per heavy atom. The second-order valence-corrected chi connectivity index (χ2v) is 6.43. The molecule has 0 aliphatic carbocycles. The minimum Gasteiger partial charge on any atom is -0.381 e. The molecule has 9 heteroatoms. The van der Waals surface area contributed by atoms with Crippen LogP contribution in [0.1, 0.15) is 13.3 Å². The van der Waals surface area contributed by atoms with Gasteiger partial charge in [-0.1, -0.05) is 18.5 Å². The van der Waals surface area contributed by atoms with Gasteiger partial charge in [0.15, 0.2) is 5.82 Å². The van der Waals surface area contributed by atoms with Crippen molar-refractivity contribution < 1.29 is 12.8 Å². The second-order valence-electron chi connectivity index (χ2n) is 4.38. The summed E-state index contributed by atoms with van der Waals surface area (Å²) in [6.07, 6.45) is 2.13. The molecule has 0 atom stereocenters. The summed E-state index contributed by atoms with van der Waals surface area (Å²) in [5.74, 6) is -0.822. The lowest BCUT2D eigenvalue weighted by atomic mass is 10.3. The van der Waals surface area contributed by atoms with Crippen molar-refractivity contribution in [1.82, 2.24) is 9.78 Å². The molecule has 0 unspecified atom stereocenters. The molecule has 0 fully saturated rings. The Kier molecular flexibility index (Phi) is 4.38. The maximum Gasteiger partial charge on any atom is 0.267 e. The Balaban J connectivity index is 2.31. The lowest BCUT2D eigenvalue weighted by Crippen LogP contribution is -2.14. The van der Waals surface area contributed by atoms with Gasteiger partial charge in [0.2, 0.25) is 0 Å². The zero-order valence-electron chi connectivity index (χ0n) is 11.2. The van der Waals surface area contributed by atoms with Crippen molar-refractivity contribution in [2.45, 2.75) is 24.8 Å². The molecule has 1 heterocycles. The molecule has 1 aromatic heterocycles. The molecule has 0 spiro atoms. The van der Waals surface area contributed by atoms with Gasteiger partial charge in [0.05, 0.1) is 10.7 Å². The van der Waals surface area contributed by atoms with Crippen molar-refractivity contribution in [2.75, 3.05) is 10.5 Å². The number of rotatable bonds is 5. The van der Waals surface area contributed by atoms with Gasteiger partial charge in [-0.15, -0.1) is 0 Å². The summed E-state index contributed by atoms with van der Waals surface area (Å²) in [5, 5.41) is 3.83. The number of hydrogen-bond acceptors (Lipinski definition) is 4. The molecule has 2 aromatic rings. The highest BCUT2D eigenvalue weighted by atomic mass is 35.5. The van der Waals surface area contributed by atoms with Gasteiger partial charge in [-0.25, -0.2) is 12.8 Å². The van der Waals surface area contributed by atoms with Crippen LogP contribution in [0.3, 0.4) is 0 Å². The monoisotopic (exact) mass is 332 g/mol. The van der Waals surface area contributed by atoms with Gasteiger partial charge in [0, 0.05) is 12.7 Å². The number of benzene rings is 1. The van der Waals surface area contributed by atoms with Crippen LogP contribution < -0.4 is 10.5 Å². The standard InChI is InChI=1S/C12H14ClFN4O2S/c1-2-5-18-7-11(12(15)16-18)21(19,20)17-8-3-4-9(13)10(14)6-8/h3-4,6-7,17H,2,5H2,1H3,(H2,15,16). The van der Waals surface area contributed by atoms with Crippen LogP contribution in [0.5, 0.6) is 0 Å². The zero-order valence-corrected chi connectivity index (χ0v) is 12.7. The van der Waals surface area contributed by atoms with Crippen LogP contribution in [0.2, 0.25) is 5.02 Å². The number of anilines is 2. The van der Waals surface area contributed by atoms with E-state index in [2.05, 4.69) is 9.82 Å². The first kappa shape index (κ1) is 15.6. The molecule has 0 amide bonds. The average molecular weight is 333 g/mol. The van der Waals surface area contributed by atoms with Crippen molar-refractivity contribution in [2.24, 2.45) is 0 Å². The summed E-state index contributed by atoms with van der Waals surface area (Å²) in [6.45, 7) is 2.48. The Morgan fingerprint density at radius 2 is 2.19 bits per heavy atom. The summed E-state index contributed by atoms with van der Waals surface area (Å²) in [4.78, 5) is -0.147. The van der Waals surface area contributed by atoms with Gasteiger partial charge in [-0.05, 0) is 24.6 Å². The van der Waals surface area contributed by atoms with Crippen LogP contribution in [0.25, 0.3) is 0 Å². The molecule has 3 N–H and O–H groups in total. The average Bonchev–Trinajstić information content (AvgIpc) is 2.76. The van der Waals surface area contributed by atoms with Gasteiger partial charge in [-0.3, -0.25) is 9.40 Å². The molecule has 0 bridgehead atoms. The summed E-state index contributed by atoms with van der Waals surface area (Å²) in [6, 6.07) is 3.61. The van der Waals surface area contributed by atoms with Gasteiger partial charge in [0.1, 0.15) is 10.7 Å². The highest BCUT2D eigenvalue weighted by Crippen LogP contribution is 2.23. The molecule has 114 valence electrons. The molecule has 2 rings (SSSR count). The van der Waals surface area contributed by atoms with Crippen LogP contribution >= 0.6 is 11.6 Å². The lowest BCUT2D eigenvalue weighted by Gasteiger charge is -2.07. The third-order valence-electron chi connectivity index (χ3n) is 2.67. The number of hydrogen-bond donors (Lipinski definition) is 2. The highest BCUT2D eigenvalue weighted by Gasteiger charge is 2.21. The summed E-state index contributed by atoms with van der Waals surface area (Å²) < 4.78 is 41.5. The summed E-state index contributed by atoms with van der Waals surface area (Å²) in [7, 11) is -3.94. The predicted octanol–water partition coefficient (Wildman–Crippen LogP) is 2.47. The molecule has 0 saturated heterocycles. The van der Waals surface area contributed by atoms with E-state index in [9.17, 15) is 12.8 Å². The smallest absolute Gasteiger partial charge is 0.267 e. The van der Waals surface area contributed by atoms with E-state index < -0.39 is 15.8 Å². The fourth-order valence-electron chi connectivity index (χ4n) is 1.74. The quantitative estimate of drug-likeness (QED) is 0.880. The van der Waals surface area contributed by atoms with E-state index in [1.165, 1.54) is 23.0 Å². The number of aryl methyl sites for hydroxylation is 1. The number of nitrogens with two attached hydrogens (primary N) is 1. The first-order chi connectivity index (χ1) is 9.83. The van der Waals surface area contributed by atoms with Crippen LogP contribution in [0, 0.1) is 5.82 Å². The van der Waals surface area contributed by atoms with E-state index >= 15 is 0 Å². The molecule has 6 nitrogen and oxygen atoms in total. The zero-order chi connectivity index (χ0) is 15.6. The molecule has 1 aromatic carbocycles. The molecular formula is C12H14ClFN4O2S. The normalized spacial score (nSPS) is 11.6. The summed E-state index contributed by atoms with van der Waals surface area (Å²) >= 11 is 5.55. The van der Waals surface area contributed by atoms with Gasteiger partial charge in [-0.2, -0.15) is 5.10 Å². The van der Waals surface area contributed by atoms with Gasteiger partial charge >= 0.3 is 0 Å². The maximum absolute atomic E-state index is 13.3. The first-order valence-corrected chi connectivity index (χ1v) is 8.00. The first-order valence-electron chi connectivity index (χ1n) is 6.14. The number of nitrogens with zero attached hydrogens (tertiary/aromatic N) is 2. The van der Waals surface area contributed by atoms with E-state index in [-0.39, 0.29) is 21.4 Å². The predicted molar refractivity (Wildman–Crippen MR) is 79.1 cm³/mol. The van der Waals surface area contributed by atoms with E-state index in [0.29, 0.717) is 6.54 Å². The van der Waals surface area contributed by atoms with E-state index in [4.69, 9.17) is 17.3 Å². The number of nitrogen functional groups attached to an aromatic ring is 1. The van der Waals surface area contributed by atoms with Crippen molar-refractivity contribution >= 4 is 33.1 Å².